The van der Waals surface area contributed by atoms with Gasteiger partial charge in [0.15, 0.2) is 0 Å². The highest BCUT2D eigenvalue weighted by Crippen LogP contribution is 2.16. The van der Waals surface area contributed by atoms with E-state index in [1.807, 2.05) is 6.92 Å². The highest BCUT2D eigenvalue weighted by molar-refractivity contribution is 5.90. The van der Waals surface area contributed by atoms with E-state index in [9.17, 15) is 9.59 Å². The number of rotatable bonds is 3. The Morgan fingerprint density at radius 1 is 1.15 bits per heavy atom. The molecule has 1 aliphatic heterocycles. The first kappa shape index (κ1) is 14.6. The molecule has 0 spiro atoms. The van der Waals surface area contributed by atoms with Gasteiger partial charge >= 0.3 is 0 Å². The fraction of sp³-hybridized carbons (Fsp3) is 0.500. The number of amides is 2. The Labute approximate surface area is 120 Å². The van der Waals surface area contributed by atoms with Crippen LogP contribution in [0.25, 0.3) is 0 Å². The summed E-state index contributed by atoms with van der Waals surface area (Å²) in [4.78, 5) is 25.8. The molecule has 0 bridgehead atoms. The number of carbonyl (C=O) groups is 2. The van der Waals surface area contributed by atoms with Crippen molar-refractivity contribution in [1.29, 1.82) is 0 Å². The van der Waals surface area contributed by atoms with Gasteiger partial charge in [-0.3, -0.25) is 9.59 Å². The highest BCUT2D eigenvalue weighted by Gasteiger charge is 2.31. The summed E-state index contributed by atoms with van der Waals surface area (Å²) in [6.07, 6.45) is 1.37. The van der Waals surface area contributed by atoms with E-state index >= 15 is 0 Å². The molecule has 1 aliphatic rings. The van der Waals surface area contributed by atoms with Crippen LogP contribution in [0.15, 0.2) is 24.3 Å². The third kappa shape index (κ3) is 3.18. The van der Waals surface area contributed by atoms with Gasteiger partial charge in [0.05, 0.1) is 0 Å². The molecule has 0 aromatic heterocycles. The van der Waals surface area contributed by atoms with Crippen LogP contribution in [0.1, 0.15) is 38.3 Å². The molecule has 4 heteroatoms. The molecule has 1 heterocycles. The molecule has 0 saturated carbocycles. The molecular formula is C16H22N2O2. The maximum absolute atomic E-state index is 12.3. The van der Waals surface area contributed by atoms with Gasteiger partial charge in [0, 0.05) is 19.0 Å². The summed E-state index contributed by atoms with van der Waals surface area (Å²) in [5.74, 6) is -0.0647. The molecule has 2 unspecified atom stereocenters. The van der Waals surface area contributed by atoms with Crippen molar-refractivity contribution in [3.63, 3.8) is 0 Å². The Morgan fingerprint density at radius 3 is 2.35 bits per heavy atom. The monoisotopic (exact) mass is 274 g/mol. The van der Waals surface area contributed by atoms with E-state index < -0.39 is 6.04 Å². The van der Waals surface area contributed by atoms with Crippen molar-refractivity contribution in [2.45, 2.75) is 52.2 Å². The van der Waals surface area contributed by atoms with Gasteiger partial charge in [0.2, 0.25) is 11.8 Å². The number of hydrogen-bond acceptors (Lipinski definition) is 2. The van der Waals surface area contributed by atoms with Crippen molar-refractivity contribution in [3.05, 3.63) is 35.4 Å². The van der Waals surface area contributed by atoms with Crippen LogP contribution in [-0.2, 0) is 22.6 Å². The van der Waals surface area contributed by atoms with Gasteiger partial charge in [0.25, 0.3) is 0 Å². The lowest BCUT2D eigenvalue weighted by Crippen LogP contribution is -2.44. The molecule has 1 fully saturated rings. The predicted octanol–water partition coefficient (Wildman–Crippen LogP) is 1.87. The summed E-state index contributed by atoms with van der Waals surface area (Å²) in [6.45, 7) is 6.35. The van der Waals surface area contributed by atoms with E-state index in [1.54, 1.807) is 11.8 Å². The number of nitrogens with one attached hydrogen (secondary N) is 1. The van der Waals surface area contributed by atoms with Gasteiger partial charge in [-0.2, -0.15) is 0 Å². The Morgan fingerprint density at radius 2 is 1.75 bits per heavy atom. The minimum atomic E-state index is -0.442. The smallest absolute Gasteiger partial charge is 0.245 e. The average Bonchev–Trinajstić information content (AvgIpc) is 2.51. The van der Waals surface area contributed by atoms with Crippen LogP contribution in [0.3, 0.4) is 0 Å². The number of benzene rings is 1. The summed E-state index contributed by atoms with van der Waals surface area (Å²) in [6, 6.07) is 7.79. The summed E-state index contributed by atoms with van der Waals surface area (Å²) in [5, 5.41) is 2.73. The second kappa shape index (κ2) is 6.07. The second-order valence-electron chi connectivity index (χ2n) is 5.48. The first-order valence-corrected chi connectivity index (χ1v) is 7.19. The van der Waals surface area contributed by atoms with Crippen molar-refractivity contribution in [2.24, 2.45) is 0 Å². The van der Waals surface area contributed by atoms with E-state index in [-0.39, 0.29) is 17.9 Å². The predicted molar refractivity (Wildman–Crippen MR) is 78.1 cm³/mol. The maximum Gasteiger partial charge on any atom is 0.245 e. The summed E-state index contributed by atoms with van der Waals surface area (Å²) in [7, 11) is 0. The fourth-order valence-corrected chi connectivity index (χ4v) is 2.52. The van der Waals surface area contributed by atoms with Crippen LogP contribution < -0.4 is 5.32 Å². The SMILES string of the molecule is CCc1ccc(CN2C(=O)C(C)NC(=O)CC2C)cc1. The minimum Gasteiger partial charge on any atom is -0.345 e. The lowest BCUT2D eigenvalue weighted by atomic mass is 10.1. The van der Waals surface area contributed by atoms with E-state index in [2.05, 4.69) is 36.5 Å². The average molecular weight is 274 g/mol. The van der Waals surface area contributed by atoms with Gasteiger partial charge in [-0.1, -0.05) is 31.2 Å². The Balaban J connectivity index is 2.16. The first-order chi connectivity index (χ1) is 9.51. The van der Waals surface area contributed by atoms with E-state index in [0.717, 1.165) is 12.0 Å². The molecule has 1 N–H and O–H groups in total. The van der Waals surface area contributed by atoms with Crippen molar-refractivity contribution < 1.29 is 9.59 Å². The Hall–Kier alpha value is -1.84. The molecule has 2 rings (SSSR count). The number of aryl methyl sites for hydroxylation is 1. The number of hydrogen-bond donors (Lipinski definition) is 1. The topological polar surface area (TPSA) is 49.4 Å². The van der Waals surface area contributed by atoms with Gasteiger partial charge < -0.3 is 10.2 Å². The molecule has 108 valence electrons. The lowest BCUT2D eigenvalue weighted by Gasteiger charge is -2.28. The van der Waals surface area contributed by atoms with Crippen molar-refractivity contribution >= 4 is 11.8 Å². The highest BCUT2D eigenvalue weighted by atomic mass is 16.2. The standard InChI is InChI=1S/C16H22N2O2/c1-4-13-5-7-14(8-6-13)10-18-11(2)9-15(19)17-12(3)16(18)20/h5-8,11-12H,4,9-10H2,1-3H3,(H,17,19). The third-order valence-electron chi connectivity index (χ3n) is 3.83. The molecule has 20 heavy (non-hydrogen) atoms. The zero-order chi connectivity index (χ0) is 14.7. The fourth-order valence-electron chi connectivity index (χ4n) is 2.52. The normalized spacial score (nSPS) is 23.4. The molecule has 0 aliphatic carbocycles. The van der Waals surface area contributed by atoms with E-state index in [1.165, 1.54) is 5.56 Å². The molecular weight excluding hydrogens is 252 g/mol. The van der Waals surface area contributed by atoms with Crippen LogP contribution in [0.2, 0.25) is 0 Å². The summed E-state index contributed by atoms with van der Waals surface area (Å²) < 4.78 is 0. The van der Waals surface area contributed by atoms with Gasteiger partial charge in [-0.25, -0.2) is 0 Å². The number of carbonyl (C=O) groups excluding carboxylic acids is 2. The zero-order valence-corrected chi connectivity index (χ0v) is 12.3. The second-order valence-corrected chi connectivity index (χ2v) is 5.48. The molecule has 1 aromatic rings. The first-order valence-electron chi connectivity index (χ1n) is 7.19. The van der Waals surface area contributed by atoms with Crippen LogP contribution in [-0.4, -0.2) is 28.8 Å². The molecule has 2 atom stereocenters. The quantitative estimate of drug-likeness (QED) is 0.915. The van der Waals surface area contributed by atoms with Crippen molar-refractivity contribution in [1.82, 2.24) is 10.2 Å². The van der Waals surface area contributed by atoms with Gasteiger partial charge in [0.1, 0.15) is 6.04 Å². The Kier molecular flexibility index (Phi) is 4.42. The Bertz CT molecular complexity index is 496. The zero-order valence-electron chi connectivity index (χ0n) is 12.3. The largest absolute Gasteiger partial charge is 0.345 e. The molecule has 2 amide bonds. The van der Waals surface area contributed by atoms with Crippen molar-refractivity contribution in [3.8, 4) is 0 Å². The van der Waals surface area contributed by atoms with E-state index in [4.69, 9.17) is 0 Å². The summed E-state index contributed by atoms with van der Waals surface area (Å²) >= 11 is 0. The minimum absolute atomic E-state index is 0.0112. The van der Waals surface area contributed by atoms with Gasteiger partial charge in [-0.15, -0.1) is 0 Å². The van der Waals surface area contributed by atoms with Gasteiger partial charge in [-0.05, 0) is 31.4 Å². The molecule has 0 radical (unpaired) electrons. The van der Waals surface area contributed by atoms with E-state index in [0.29, 0.717) is 13.0 Å². The molecule has 4 nitrogen and oxygen atoms in total. The maximum atomic E-state index is 12.3. The number of nitrogens with zero attached hydrogens (tertiary/aromatic N) is 1. The lowest BCUT2D eigenvalue weighted by molar-refractivity contribution is -0.135. The van der Waals surface area contributed by atoms with Crippen LogP contribution in [0.5, 0.6) is 0 Å². The summed E-state index contributed by atoms with van der Waals surface area (Å²) in [5.41, 5.74) is 2.39. The molecule has 1 aromatic carbocycles. The van der Waals surface area contributed by atoms with Crippen molar-refractivity contribution in [2.75, 3.05) is 0 Å². The van der Waals surface area contributed by atoms with Crippen LogP contribution in [0, 0.1) is 0 Å². The van der Waals surface area contributed by atoms with Crippen LogP contribution in [0.4, 0.5) is 0 Å². The molecule has 1 saturated heterocycles. The third-order valence-corrected chi connectivity index (χ3v) is 3.83. The van der Waals surface area contributed by atoms with Crippen LogP contribution >= 0.6 is 0 Å².